The summed E-state index contributed by atoms with van der Waals surface area (Å²) >= 11 is 0. The summed E-state index contributed by atoms with van der Waals surface area (Å²) < 4.78 is 6.75. The number of anilines is 2. The van der Waals surface area contributed by atoms with Gasteiger partial charge in [0, 0.05) is 30.7 Å². The summed E-state index contributed by atoms with van der Waals surface area (Å²) in [6.45, 7) is 3.63. The lowest BCUT2D eigenvalue weighted by Gasteiger charge is -2.10. The summed E-state index contributed by atoms with van der Waals surface area (Å²) in [5, 5.41) is 10.9. The third-order valence-corrected chi connectivity index (χ3v) is 2.91. The van der Waals surface area contributed by atoms with Gasteiger partial charge >= 0.3 is 5.97 Å². The first-order valence-corrected chi connectivity index (χ1v) is 6.85. The van der Waals surface area contributed by atoms with Crippen LogP contribution in [0.2, 0.25) is 0 Å². The molecule has 0 aliphatic carbocycles. The molecule has 0 saturated carbocycles. The molecule has 7 heteroatoms. The van der Waals surface area contributed by atoms with Crippen LogP contribution in [0.1, 0.15) is 23.7 Å². The van der Waals surface area contributed by atoms with E-state index >= 15 is 0 Å². The topological polar surface area (TPSA) is 95.1 Å². The molecule has 2 rings (SSSR count). The van der Waals surface area contributed by atoms with Gasteiger partial charge in [0.2, 0.25) is 0 Å². The van der Waals surface area contributed by atoms with E-state index < -0.39 is 5.97 Å². The second-order valence-electron chi connectivity index (χ2n) is 4.47. The third-order valence-electron chi connectivity index (χ3n) is 2.91. The van der Waals surface area contributed by atoms with Crippen molar-refractivity contribution in [2.75, 3.05) is 24.2 Å². The van der Waals surface area contributed by atoms with E-state index in [1.54, 1.807) is 29.9 Å². The van der Waals surface area contributed by atoms with Crippen LogP contribution in [0.25, 0.3) is 0 Å². The molecule has 1 aromatic carbocycles. The van der Waals surface area contributed by atoms with Gasteiger partial charge < -0.3 is 15.8 Å². The quantitative estimate of drug-likeness (QED) is 0.456. The number of aryl methyl sites for hydroxylation is 1. The highest BCUT2D eigenvalue weighted by atomic mass is 16.5. The number of ether oxygens (including phenoxy) is 1. The molecule has 0 unspecified atom stereocenters. The van der Waals surface area contributed by atoms with Gasteiger partial charge in [0.1, 0.15) is 0 Å². The van der Waals surface area contributed by atoms with Crippen molar-refractivity contribution in [3.05, 3.63) is 36.2 Å². The van der Waals surface area contributed by atoms with E-state index in [4.69, 9.17) is 10.5 Å². The maximum Gasteiger partial charge on any atom is 0.340 e. The maximum absolute atomic E-state index is 11.8. The molecule has 21 heavy (non-hydrogen) atoms. The number of nitrogens with zero attached hydrogens (tertiary/aromatic N) is 3. The molecular formula is C14H19N5O2. The fourth-order valence-electron chi connectivity index (χ4n) is 1.88. The Morgan fingerprint density at radius 2 is 2.33 bits per heavy atom. The van der Waals surface area contributed by atoms with Gasteiger partial charge in [-0.25, -0.2) is 4.79 Å². The van der Waals surface area contributed by atoms with Crippen molar-refractivity contribution in [2.24, 2.45) is 0 Å². The molecule has 0 bridgehead atoms. The van der Waals surface area contributed by atoms with Gasteiger partial charge in [-0.15, -0.1) is 5.10 Å². The SMILES string of the molecule is CCOC(=O)c1cc(NCCCn2ccnn2)ccc1N. The molecule has 0 fully saturated rings. The summed E-state index contributed by atoms with van der Waals surface area (Å²) in [5.41, 5.74) is 7.44. The van der Waals surface area contributed by atoms with Crippen LogP contribution in [0, 0.1) is 0 Å². The normalized spacial score (nSPS) is 10.3. The number of rotatable bonds is 7. The standard InChI is InChI=1S/C14H19N5O2/c1-2-21-14(20)12-10-11(4-5-13(12)15)16-6-3-8-19-9-7-17-18-19/h4-5,7,9-10,16H,2-3,6,8,15H2,1H3. The monoisotopic (exact) mass is 289 g/mol. The maximum atomic E-state index is 11.8. The second-order valence-corrected chi connectivity index (χ2v) is 4.47. The first-order valence-electron chi connectivity index (χ1n) is 6.85. The smallest absolute Gasteiger partial charge is 0.340 e. The Morgan fingerprint density at radius 3 is 3.05 bits per heavy atom. The molecule has 112 valence electrons. The highest BCUT2D eigenvalue weighted by Crippen LogP contribution is 2.19. The van der Waals surface area contributed by atoms with Crippen molar-refractivity contribution in [2.45, 2.75) is 19.9 Å². The van der Waals surface area contributed by atoms with E-state index in [-0.39, 0.29) is 0 Å². The zero-order chi connectivity index (χ0) is 15.1. The van der Waals surface area contributed by atoms with Crippen LogP contribution in [0.4, 0.5) is 11.4 Å². The van der Waals surface area contributed by atoms with E-state index in [1.165, 1.54) is 0 Å². The van der Waals surface area contributed by atoms with Crippen LogP contribution in [0.3, 0.4) is 0 Å². The number of aromatic nitrogens is 3. The fraction of sp³-hybridized carbons (Fsp3) is 0.357. The molecule has 0 amide bonds. The van der Waals surface area contributed by atoms with Crippen LogP contribution in [0.15, 0.2) is 30.6 Å². The Balaban J connectivity index is 1.88. The minimum Gasteiger partial charge on any atom is -0.462 e. The van der Waals surface area contributed by atoms with Crippen molar-refractivity contribution in [3.8, 4) is 0 Å². The fourth-order valence-corrected chi connectivity index (χ4v) is 1.88. The van der Waals surface area contributed by atoms with Crippen LogP contribution in [0.5, 0.6) is 0 Å². The first kappa shape index (κ1) is 14.8. The van der Waals surface area contributed by atoms with Crippen LogP contribution in [-0.4, -0.2) is 34.1 Å². The van der Waals surface area contributed by atoms with Gasteiger partial charge in [-0.3, -0.25) is 4.68 Å². The number of hydrogen-bond acceptors (Lipinski definition) is 6. The minimum atomic E-state index is -0.402. The van der Waals surface area contributed by atoms with Crippen molar-refractivity contribution in [1.29, 1.82) is 0 Å². The first-order chi connectivity index (χ1) is 10.2. The molecule has 0 saturated heterocycles. The number of carbonyl (C=O) groups is 1. The number of nitrogens with one attached hydrogen (secondary N) is 1. The number of benzene rings is 1. The predicted molar refractivity (Wildman–Crippen MR) is 79.9 cm³/mol. The lowest BCUT2D eigenvalue weighted by atomic mass is 10.1. The molecule has 1 aromatic heterocycles. The summed E-state index contributed by atoms with van der Waals surface area (Å²) in [6.07, 6.45) is 4.36. The van der Waals surface area contributed by atoms with Crippen molar-refractivity contribution in [1.82, 2.24) is 15.0 Å². The lowest BCUT2D eigenvalue weighted by Crippen LogP contribution is -2.10. The largest absolute Gasteiger partial charge is 0.462 e. The molecule has 3 N–H and O–H groups in total. The number of esters is 1. The zero-order valence-electron chi connectivity index (χ0n) is 12.0. The van der Waals surface area contributed by atoms with E-state index in [1.807, 2.05) is 12.3 Å². The number of nitrogen functional groups attached to an aromatic ring is 1. The van der Waals surface area contributed by atoms with Crippen molar-refractivity contribution < 1.29 is 9.53 Å². The number of hydrogen-bond donors (Lipinski definition) is 2. The van der Waals surface area contributed by atoms with Gasteiger partial charge in [-0.1, -0.05) is 5.21 Å². The van der Waals surface area contributed by atoms with Gasteiger partial charge in [-0.2, -0.15) is 0 Å². The Kier molecular flexibility index (Phi) is 5.14. The molecule has 2 aromatic rings. The van der Waals surface area contributed by atoms with E-state index in [0.717, 1.165) is 25.2 Å². The molecule has 0 radical (unpaired) electrons. The second kappa shape index (κ2) is 7.28. The minimum absolute atomic E-state index is 0.327. The van der Waals surface area contributed by atoms with Gasteiger partial charge in [0.05, 0.1) is 18.4 Å². The summed E-state index contributed by atoms with van der Waals surface area (Å²) in [6, 6.07) is 5.25. The Hall–Kier alpha value is -2.57. The summed E-state index contributed by atoms with van der Waals surface area (Å²) in [4.78, 5) is 11.8. The number of carbonyl (C=O) groups excluding carboxylic acids is 1. The van der Waals surface area contributed by atoms with E-state index in [2.05, 4.69) is 15.6 Å². The number of nitrogens with two attached hydrogens (primary N) is 1. The van der Waals surface area contributed by atoms with Gasteiger partial charge in [0.25, 0.3) is 0 Å². The lowest BCUT2D eigenvalue weighted by molar-refractivity contribution is 0.0527. The zero-order valence-corrected chi connectivity index (χ0v) is 12.0. The third kappa shape index (κ3) is 4.20. The Morgan fingerprint density at radius 1 is 1.48 bits per heavy atom. The van der Waals surface area contributed by atoms with Crippen LogP contribution in [-0.2, 0) is 11.3 Å². The Bertz CT molecular complexity index is 583. The summed E-state index contributed by atoms with van der Waals surface area (Å²) in [5.74, 6) is -0.402. The molecule has 1 heterocycles. The Labute approximate surface area is 123 Å². The van der Waals surface area contributed by atoms with Crippen LogP contribution < -0.4 is 11.1 Å². The molecule has 0 aliphatic heterocycles. The van der Waals surface area contributed by atoms with Gasteiger partial charge in [-0.05, 0) is 31.5 Å². The van der Waals surface area contributed by atoms with Gasteiger partial charge in [0.15, 0.2) is 0 Å². The average Bonchev–Trinajstić information content (AvgIpc) is 2.98. The molecular weight excluding hydrogens is 270 g/mol. The molecule has 7 nitrogen and oxygen atoms in total. The molecule has 0 spiro atoms. The summed E-state index contributed by atoms with van der Waals surface area (Å²) in [7, 11) is 0. The van der Waals surface area contributed by atoms with Crippen LogP contribution >= 0.6 is 0 Å². The van der Waals surface area contributed by atoms with E-state index in [0.29, 0.717) is 17.9 Å². The van der Waals surface area contributed by atoms with E-state index in [9.17, 15) is 4.79 Å². The highest BCUT2D eigenvalue weighted by molar-refractivity contribution is 5.96. The molecule has 0 aliphatic rings. The highest BCUT2D eigenvalue weighted by Gasteiger charge is 2.11. The van der Waals surface area contributed by atoms with Crippen molar-refractivity contribution in [3.63, 3.8) is 0 Å². The average molecular weight is 289 g/mol. The van der Waals surface area contributed by atoms with Crippen molar-refractivity contribution >= 4 is 17.3 Å². The predicted octanol–water partition coefficient (Wildman–Crippen LogP) is 1.54. The molecule has 0 atom stereocenters.